The van der Waals surface area contributed by atoms with Crippen LogP contribution in [0, 0.1) is 0 Å². The van der Waals surface area contributed by atoms with Crippen molar-refractivity contribution in [3.05, 3.63) is 23.8 Å². The largest absolute Gasteiger partial charge is 0.0877 e. The Kier molecular flexibility index (Phi) is 15.1. The van der Waals surface area contributed by atoms with Crippen LogP contribution in [0.25, 0.3) is 0 Å². The van der Waals surface area contributed by atoms with Gasteiger partial charge < -0.3 is 0 Å². The lowest BCUT2D eigenvalue weighted by atomic mass is 9.99. The number of hydrogen-bond donors (Lipinski definition) is 0. The molecule has 0 fully saturated rings. The molecule has 0 heterocycles. The minimum Gasteiger partial charge on any atom is -0.0877 e. The summed E-state index contributed by atoms with van der Waals surface area (Å²) in [5.74, 6) is 0. The highest BCUT2D eigenvalue weighted by atomic mass is 14.0. The fourth-order valence-corrected chi connectivity index (χ4v) is 2.44. The highest BCUT2D eigenvalue weighted by molar-refractivity contribution is 5.12. The average molecular weight is 264 g/mol. The molecule has 0 amide bonds. The third-order valence-corrected chi connectivity index (χ3v) is 3.73. The molecule has 0 N–H and O–H groups in total. The Hall–Kier alpha value is -0.520. The van der Waals surface area contributed by atoms with Crippen LogP contribution in [0.15, 0.2) is 23.8 Å². The fraction of sp³-hybridized carbons (Fsp3) is 0.789. The number of rotatable bonds is 13. The highest BCUT2D eigenvalue weighted by Gasteiger charge is 1.98. The monoisotopic (exact) mass is 264 g/mol. The molecular weight excluding hydrogens is 228 g/mol. The van der Waals surface area contributed by atoms with E-state index in [9.17, 15) is 0 Å². The van der Waals surface area contributed by atoms with E-state index in [0.717, 1.165) is 0 Å². The van der Waals surface area contributed by atoms with Crippen LogP contribution in [-0.4, -0.2) is 0 Å². The summed E-state index contributed by atoms with van der Waals surface area (Å²) in [5, 5.41) is 0. The van der Waals surface area contributed by atoms with Crippen LogP contribution < -0.4 is 0 Å². The molecular formula is C19H36. The maximum absolute atomic E-state index is 2.36. The fourth-order valence-electron chi connectivity index (χ4n) is 2.44. The zero-order valence-electron chi connectivity index (χ0n) is 13.7. The third kappa shape index (κ3) is 13.7. The lowest BCUT2D eigenvalue weighted by Crippen LogP contribution is -1.87. The van der Waals surface area contributed by atoms with Crippen molar-refractivity contribution in [3.63, 3.8) is 0 Å². The minimum atomic E-state index is 1.32. The molecule has 0 aromatic heterocycles. The minimum absolute atomic E-state index is 1.32. The molecule has 0 saturated heterocycles. The van der Waals surface area contributed by atoms with E-state index in [-0.39, 0.29) is 0 Å². The molecule has 0 nitrogen and oxygen atoms in total. The molecule has 0 spiro atoms. The first-order valence-electron chi connectivity index (χ1n) is 8.65. The van der Waals surface area contributed by atoms with Gasteiger partial charge in [-0.25, -0.2) is 0 Å². The van der Waals surface area contributed by atoms with Gasteiger partial charge in [-0.05, 0) is 32.6 Å². The Balaban J connectivity index is 3.76. The third-order valence-electron chi connectivity index (χ3n) is 3.73. The van der Waals surface area contributed by atoms with Crippen molar-refractivity contribution < 1.29 is 0 Å². The summed E-state index contributed by atoms with van der Waals surface area (Å²) in [5.41, 5.74) is 1.67. The van der Waals surface area contributed by atoms with Gasteiger partial charge >= 0.3 is 0 Å². The molecule has 0 atom stereocenters. The highest BCUT2D eigenvalue weighted by Crippen LogP contribution is 2.18. The Bertz CT molecular complexity index is 206. The standard InChI is InChI=1S/C19H36/c1-4-7-10-12-14-17-19(16-9-6-3)18-15-13-11-8-5-2/h6,9,16H,4-5,7-8,10-15,17-18H2,1-3H3/b9-6+. The maximum Gasteiger partial charge on any atom is -0.0317 e. The van der Waals surface area contributed by atoms with E-state index in [2.05, 4.69) is 39.0 Å². The zero-order valence-corrected chi connectivity index (χ0v) is 13.7. The normalized spacial score (nSPS) is 11.1. The summed E-state index contributed by atoms with van der Waals surface area (Å²) in [6, 6.07) is 0. The Labute approximate surface area is 122 Å². The van der Waals surface area contributed by atoms with E-state index in [1.807, 2.05) is 0 Å². The van der Waals surface area contributed by atoms with E-state index in [0.29, 0.717) is 0 Å². The van der Waals surface area contributed by atoms with Gasteiger partial charge in [0.15, 0.2) is 0 Å². The Morgan fingerprint density at radius 1 is 0.684 bits per heavy atom. The molecule has 0 heteroatoms. The Morgan fingerprint density at radius 3 is 1.58 bits per heavy atom. The topological polar surface area (TPSA) is 0 Å². The average Bonchev–Trinajstić information content (AvgIpc) is 2.43. The molecule has 0 aliphatic carbocycles. The predicted octanol–water partition coefficient (Wildman–Crippen LogP) is 7.21. The van der Waals surface area contributed by atoms with Crippen LogP contribution in [0.5, 0.6) is 0 Å². The van der Waals surface area contributed by atoms with Crippen LogP contribution in [0.2, 0.25) is 0 Å². The number of allylic oxidation sites excluding steroid dienone is 4. The van der Waals surface area contributed by atoms with Crippen LogP contribution in [0.1, 0.15) is 97.8 Å². The van der Waals surface area contributed by atoms with Gasteiger partial charge in [0.1, 0.15) is 0 Å². The van der Waals surface area contributed by atoms with Gasteiger partial charge in [-0.2, -0.15) is 0 Å². The SMILES string of the molecule is C/C=C/C=C(CCCCCCC)CCCCCCC. The summed E-state index contributed by atoms with van der Waals surface area (Å²) >= 11 is 0. The molecule has 0 bridgehead atoms. The van der Waals surface area contributed by atoms with Crippen molar-refractivity contribution in [2.24, 2.45) is 0 Å². The van der Waals surface area contributed by atoms with Crippen molar-refractivity contribution in [1.82, 2.24) is 0 Å². The van der Waals surface area contributed by atoms with Crippen molar-refractivity contribution in [2.75, 3.05) is 0 Å². The molecule has 0 aliphatic rings. The smallest absolute Gasteiger partial charge is 0.0317 e. The van der Waals surface area contributed by atoms with Gasteiger partial charge in [0, 0.05) is 0 Å². The quantitative estimate of drug-likeness (QED) is 0.243. The molecule has 0 saturated carbocycles. The summed E-state index contributed by atoms with van der Waals surface area (Å²) in [7, 11) is 0. The van der Waals surface area contributed by atoms with Crippen molar-refractivity contribution in [3.8, 4) is 0 Å². The van der Waals surface area contributed by atoms with Crippen LogP contribution in [-0.2, 0) is 0 Å². The first-order valence-corrected chi connectivity index (χ1v) is 8.65. The zero-order chi connectivity index (χ0) is 14.2. The molecule has 0 aliphatic heterocycles. The summed E-state index contributed by atoms with van der Waals surface area (Å²) in [6.45, 7) is 6.68. The predicted molar refractivity (Wildman–Crippen MR) is 89.6 cm³/mol. The lowest BCUT2D eigenvalue weighted by Gasteiger charge is -2.07. The first-order chi connectivity index (χ1) is 9.35. The number of hydrogen-bond acceptors (Lipinski definition) is 0. The summed E-state index contributed by atoms with van der Waals surface area (Å²) < 4.78 is 0. The summed E-state index contributed by atoms with van der Waals surface area (Å²) in [4.78, 5) is 0. The van der Waals surface area contributed by atoms with Crippen molar-refractivity contribution in [2.45, 2.75) is 97.8 Å². The van der Waals surface area contributed by atoms with Gasteiger partial charge in [0.25, 0.3) is 0 Å². The molecule has 112 valence electrons. The molecule has 0 radical (unpaired) electrons. The van der Waals surface area contributed by atoms with E-state index >= 15 is 0 Å². The van der Waals surface area contributed by atoms with E-state index < -0.39 is 0 Å². The second kappa shape index (κ2) is 15.5. The molecule has 19 heavy (non-hydrogen) atoms. The van der Waals surface area contributed by atoms with Crippen molar-refractivity contribution >= 4 is 0 Å². The molecule has 0 rings (SSSR count). The van der Waals surface area contributed by atoms with Gasteiger partial charge in [-0.3, -0.25) is 0 Å². The van der Waals surface area contributed by atoms with E-state index in [1.54, 1.807) is 5.57 Å². The molecule has 0 aromatic rings. The second-order valence-corrected chi connectivity index (χ2v) is 5.68. The second-order valence-electron chi connectivity index (χ2n) is 5.68. The first kappa shape index (κ1) is 18.5. The van der Waals surface area contributed by atoms with Gasteiger partial charge in [-0.15, -0.1) is 0 Å². The van der Waals surface area contributed by atoms with Gasteiger partial charge in [0.2, 0.25) is 0 Å². The van der Waals surface area contributed by atoms with Gasteiger partial charge in [-0.1, -0.05) is 89.0 Å². The lowest BCUT2D eigenvalue weighted by molar-refractivity contribution is 0.600. The van der Waals surface area contributed by atoms with E-state index in [1.165, 1.54) is 77.0 Å². The molecule has 0 aromatic carbocycles. The molecule has 0 unspecified atom stereocenters. The van der Waals surface area contributed by atoms with Crippen LogP contribution in [0.4, 0.5) is 0 Å². The number of unbranched alkanes of at least 4 members (excludes halogenated alkanes) is 8. The van der Waals surface area contributed by atoms with Crippen LogP contribution >= 0.6 is 0 Å². The maximum atomic E-state index is 2.36. The van der Waals surface area contributed by atoms with E-state index in [4.69, 9.17) is 0 Å². The summed E-state index contributed by atoms with van der Waals surface area (Å²) in [6.07, 6.45) is 23.3. The van der Waals surface area contributed by atoms with Crippen molar-refractivity contribution in [1.29, 1.82) is 0 Å². The van der Waals surface area contributed by atoms with Crippen LogP contribution in [0.3, 0.4) is 0 Å². The van der Waals surface area contributed by atoms with Gasteiger partial charge in [0.05, 0.1) is 0 Å². The Morgan fingerprint density at radius 2 is 1.16 bits per heavy atom.